The lowest BCUT2D eigenvalue weighted by Gasteiger charge is -2.25. The summed E-state index contributed by atoms with van der Waals surface area (Å²) in [6.45, 7) is 0.476. The lowest BCUT2D eigenvalue weighted by atomic mass is 10.1. The summed E-state index contributed by atoms with van der Waals surface area (Å²) in [6.07, 6.45) is 1.62. The van der Waals surface area contributed by atoms with Gasteiger partial charge in [0, 0.05) is 6.54 Å². The number of halogens is 2. The number of hydrogen-bond donors (Lipinski definition) is 0. The van der Waals surface area contributed by atoms with Crippen molar-refractivity contribution in [1.82, 2.24) is 4.31 Å². The Morgan fingerprint density at radius 2 is 1.59 bits per heavy atom. The van der Waals surface area contributed by atoms with Crippen LogP contribution < -0.4 is 0 Å². The minimum Gasteiger partial charge on any atom is -0.207 e. The quantitative estimate of drug-likeness (QED) is 0.811. The van der Waals surface area contributed by atoms with Crippen molar-refractivity contribution in [2.45, 2.75) is 23.8 Å². The molecule has 22 heavy (non-hydrogen) atoms. The Kier molecular flexibility index (Phi) is 4.46. The van der Waals surface area contributed by atoms with Crippen LogP contribution >= 0.6 is 23.2 Å². The molecule has 3 rings (SSSR count). The molecule has 1 fully saturated rings. The van der Waals surface area contributed by atoms with Crippen molar-refractivity contribution in [2.75, 3.05) is 6.54 Å². The summed E-state index contributed by atoms with van der Waals surface area (Å²) in [7, 11) is -3.73. The number of sulfonamides is 1. The Morgan fingerprint density at radius 3 is 2.23 bits per heavy atom. The maximum Gasteiger partial charge on any atom is 0.246 e. The van der Waals surface area contributed by atoms with Gasteiger partial charge in [0.25, 0.3) is 0 Å². The second-order valence-electron chi connectivity index (χ2n) is 5.24. The van der Waals surface area contributed by atoms with Gasteiger partial charge in [-0.3, -0.25) is 0 Å². The number of hydrogen-bond acceptors (Lipinski definition) is 2. The van der Waals surface area contributed by atoms with Crippen molar-refractivity contribution < 1.29 is 8.42 Å². The molecule has 0 amide bonds. The van der Waals surface area contributed by atoms with E-state index in [1.807, 2.05) is 30.3 Å². The van der Waals surface area contributed by atoms with E-state index in [9.17, 15) is 8.42 Å². The molecule has 1 atom stereocenters. The third kappa shape index (κ3) is 2.76. The van der Waals surface area contributed by atoms with Gasteiger partial charge >= 0.3 is 0 Å². The molecule has 0 unspecified atom stereocenters. The van der Waals surface area contributed by atoms with Gasteiger partial charge in [-0.2, -0.15) is 4.31 Å². The lowest BCUT2D eigenvalue weighted by molar-refractivity contribution is 0.397. The molecule has 3 nitrogen and oxygen atoms in total. The van der Waals surface area contributed by atoms with Crippen LogP contribution in [0.5, 0.6) is 0 Å². The Hall–Kier alpha value is -1.07. The van der Waals surface area contributed by atoms with Crippen LogP contribution in [0, 0.1) is 0 Å². The highest BCUT2D eigenvalue weighted by Gasteiger charge is 2.38. The zero-order valence-electron chi connectivity index (χ0n) is 11.7. The summed E-state index contributed by atoms with van der Waals surface area (Å²) in [6, 6.07) is 14.2. The first-order valence-electron chi connectivity index (χ1n) is 7.02. The summed E-state index contributed by atoms with van der Waals surface area (Å²) >= 11 is 12.2. The van der Waals surface area contributed by atoms with Crippen molar-refractivity contribution in [3.63, 3.8) is 0 Å². The molecule has 0 radical (unpaired) electrons. The van der Waals surface area contributed by atoms with E-state index in [-0.39, 0.29) is 21.0 Å². The molecule has 116 valence electrons. The molecule has 0 aliphatic carbocycles. The summed E-state index contributed by atoms with van der Waals surface area (Å²) in [5.74, 6) is 0. The van der Waals surface area contributed by atoms with Gasteiger partial charge in [0.2, 0.25) is 10.0 Å². The summed E-state index contributed by atoms with van der Waals surface area (Å²) in [5.41, 5.74) is 0.992. The zero-order chi connectivity index (χ0) is 15.7. The van der Waals surface area contributed by atoms with E-state index < -0.39 is 10.0 Å². The minimum atomic E-state index is -3.73. The molecule has 2 aromatic rings. The highest BCUT2D eigenvalue weighted by atomic mass is 35.5. The summed E-state index contributed by atoms with van der Waals surface area (Å²) in [4.78, 5) is 0.00108. The van der Waals surface area contributed by atoms with Crippen molar-refractivity contribution in [2.24, 2.45) is 0 Å². The minimum absolute atomic E-state index is 0.00108. The molecule has 1 aliphatic rings. The van der Waals surface area contributed by atoms with Crippen LogP contribution in [-0.4, -0.2) is 19.3 Å². The van der Waals surface area contributed by atoms with Crippen LogP contribution in [0.2, 0.25) is 10.0 Å². The maximum atomic E-state index is 13.0. The summed E-state index contributed by atoms with van der Waals surface area (Å²) < 4.78 is 27.5. The Morgan fingerprint density at radius 1 is 0.955 bits per heavy atom. The van der Waals surface area contributed by atoms with E-state index in [4.69, 9.17) is 23.2 Å². The van der Waals surface area contributed by atoms with Gasteiger partial charge in [-0.25, -0.2) is 8.42 Å². The van der Waals surface area contributed by atoms with Crippen LogP contribution in [-0.2, 0) is 10.0 Å². The zero-order valence-corrected chi connectivity index (χ0v) is 14.1. The fraction of sp³-hybridized carbons (Fsp3) is 0.250. The molecular weight excluding hydrogens is 341 g/mol. The smallest absolute Gasteiger partial charge is 0.207 e. The van der Waals surface area contributed by atoms with Crippen LogP contribution in [0.1, 0.15) is 24.4 Å². The number of benzene rings is 2. The average molecular weight is 356 g/mol. The number of nitrogens with zero attached hydrogens (tertiary/aromatic N) is 1. The predicted octanol–water partition coefficient (Wildman–Crippen LogP) is 4.52. The maximum absolute atomic E-state index is 13.0. The van der Waals surface area contributed by atoms with E-state index in [0.29, 0.717) is 6.54 Å². The van der Waals surface area contributed by atoms with Crippen LogP contribution in [0.3, 0.4) is 0 Å². The van der Waals surface area contributed by atoms with E-state index >= 15 is 0 Å². The van der Waals surface area contributed by atoms with Gasteiger partial charge in [0.05, 0.1) is 16.1 Å². The van der Waals surface area contributed by atoms with E-state index in [0.717, 1.165) is 18.4 Å². The average Bonchev–Trinajstić information content (AvgIpc) is 2.98. The van der Waals surface area contributed by atoms with Crippen LogP contribution in [0.15, 0.2) is 53.4 Å². The highest BCUT2D eigenvalue weighted by molar-refractivity contribution is 7.89. The fourth-order valence-corrected chi connectivity index (χ4v) is 5.66. The van der Waals surface area contributed by atoms with E-state index in [2.05, 4.69) is 0 Å². The fourth-order valence-electron chi connectivity index (χ4n) is 2.88. The Bertz CT molecular complexity index is 758. The molecule has 6 heteroatoms. The van der Waals surface area contributed by atoms with Gasteiger partial charge in [-0.05, 0) is 30.5 Å². The van der Waals surface area contributed by atoms with E-state index in [1.165, 1.54) is 4.31 Å². The number of rotatable bonds is 3. The second-order valence-corrected chi connectivity index (χ2v) is 7.88. The topological polar surface area (TPSA) is 37.4 Å². The first kappa shape index (κ1) is 15.8. The Balaban J connectivity index is 2.05. The normalized spacial score (nSPS) is 19.5. The molecule has 0 spiro atoms. The standard InChI is InChI=1S/C16H15Cl2NO2S/c17-13-8-4-9-14(18)16(13)22(20,21)19-11-5-10-15(19)12-6-2-1-3-7-12/h1-4,6-9,15H,5,10-11H2/t15-/m0/s1. The second kappa shape index (κ2) is 6.20. The highest BCUT2D eigenvalue weighted by Crippen LogP contribution is 2.40. The third-order valence-corrected chi connectivity index (χ3v) is 6.74. The summed E-state index contributed by atoms with van der Waals surface area (Å²) in [5, 5.41) is 0.317. The van der Waals surface area contributed by atoms with Crippen molar-refractivity contribution in [3.8, 4) is 0 Å². The van der Waals surface area contributed by atoms with Gasteiger partial charge in [-0.15, -0.1) is 0 Å². The largest absolute Gasteiger partial charge is 0.246 e. The monoisotopic (exact) mass is 355 g/mol. The van der Waals surface area contributed by atoms with Crippen LogP contribution in [0.25, 0.3) is 0 Å². The third-order valence-electron chi connectivity index (χ3n) is 3.87. The van der Waals surface area contributed by atoms with Crippen LogP contribution in [0.4, 0.5) is 0 Å². The SMILES string of the molecule is O=S(=O)(c1c(Cl)cccc1Cl)N1CCC[C@H]1c1ccccc1. The van der Waals surface area contributed by atoms with Gasteiger partial charge in [-0.1, -0.05) is 59.6 Å². The van der Waals surface area contributed by atoms with Gasteiger partial charge in [0.1, 0.15) is 4.90 Å². The lowest BCUT2D eigenvalue weighted by Crippen LogP contribution is -2.31. The molecule has 0 N–H and O–H groups in total. The molecular formula is C16H15Cl2NO2S. The molecule has 1 saturated heterocycles. The predicted molar refractivity (Wildman–Crippen MR) is 88.8 cm³/mol. The van der Waals surface area contributed by atoms with E-state index in [1.54, 1.807) is 18.2 Å². The molecule has 0 saturated carbocycles. The van der Waals surface area contributed by atoms with Crippen molar-refractivity contribution in [3.05, 3.63) is 64.1 Å². The van der Waals surface area contributed by atoms with Crippen molar-refractivity contribution in [1.29, 1.82) is 0 Å². The molecule has 1 heterocycles. The molecule has 0 bridgehead atoms. The van der Waals surface area contributed by atoms with Crippen molar-refractivity contribution >= 4 is 33.2 Å². The first-order chi connectivity index (χ1) is 10.5. The van der Waals surface area contributed by atoms with Gasteiger partial charge < -0.3 is 0 Å². The molecule has 1 aliphatic heterocycles. The molecule has 0 aromatic heterocycles. The Labute approximate surface area is 140 Å². The van der Waals surface area contributed by atoms with Gasteiger partial charge in [0.15, 0.2) is 0 Å². The first-order valence-corrected chi connectivity index (χ1v) is 9.22. The molecule has 2 aromatic carbocycles.